The maximum atomic E-state index is 12.4. The fourth-order valence-corrected chi connectivity index (χ4v) is 2.85. The zero-order valence-corrected chi connectivity index (χ0v) is 12.0. The molecule has 1 N–H and O–H groups in total. The Morgan fingerprint density at radius 2 is 2.17 bits per heavy atom. The Balaban J connectivity index is 2.58. The fourth-order valence-electron chi connectivity index (χ4n) is 1.86. The van der Waals surface area contributed by atoms with Crippen molar-refractivity contribution in [1.82, 2.24) is 9.55 Å². The quantitative estimate of drug-likeness (QED) is 0.927. The Morgan fingerprint density at radius 1 is 1.50 bits per heavy atom. The van der Waals surface area contributed by atoms with Crippen LogP contribution in [0.15, 0.2) is 11.1 Å². The van der Waals surface area contributed by atoms with Crippen molar-refractivity contribution in [3.05, 3.63) is 27.1 Å². The van der Waals surface area contributed by atoms with E-state index in [1.165, 1.54) is 22.2 Å². The standard InChI is InChI=1S/C13H18N2O2S/c1-5-13(4,17)6-15-7-14-11-10(12(15)16)8(2)9(3)18-11/h7,17H,5-6H2,1-4H3. The van der Waals surface area contributed by atoms with Crippen molar-refractivity contribution < 1.29 is 5.11 Å². The van der Waals surface area contributed by atoms with Crippen LogP contribution in [0.25, 0.3) is 10.2 Å². The molecule has 0 amide bonds. The van der Waals surface area contributed by atoms with Gasteiger partial charge in [-0.3, -0.25) is 9.36 Å². The molecule has 0 fully saturated rings. The van der Waals surface area contributed by atoms with Crippen molar-refractivity contribution in [1.29, 1.82) is 0 Å². The topological polar surface area (TPSA) is 55.1 Å². The minimum atomic E-state index is -0.877. The molecule has 0 aromatic carbocycles. The van der Waals surface area contributed by atoms with Gasteiger partial charge < -0.3 is 5.11 Å². The van der Waals surface area contributed by atoms with Gasteiger partial charge in [0.1, 0.15) is 4.83 Å². The summed E-state index contributed by atoms with van der Waals surface area (Å²) in [5.74, 6) is 0. The van der Waals surface area contributed by atoms with Gasteiger partial charge in [0, 0.05) is 4.88 Å². The second kappa shape index (κ2) is 4.48. The summed E-state index contributed by atoms with van der Waals surface area (Å²) in [6.45, 7) is 7.85. The highest BCUT2D eigenvalue weighted by Crippen LogP contribution is 2.25. The van der Waals surface area contributed by atoms with Crippen LogP contribution in [-0.4, -0.2) is 20.3 Å². The van der Waals surface area contributed by atoms with Gasteiger partial charge in [0.25, 0.3) is 5.56 Å². The van der Waals surface area contributed by atoms with Crippen molar-refractivity contribution in [3.8, 4) is 0 Å². The molecule has 0 saturated carbocycles. The summed E-state index contributed by atoms with van der Waals surface area (Å²) in [7, 11) is 0. The first kappa shape index (κ1) is 13.2. The van der Waals surface area contributed by atoms with Crippen LogP contribution in [0.1, 0.15) is 30.7 Å². The summed E-state index contributed by atoms with van der Waals surface area (Å²) in [5.41, 5.74) is 0.0617. The molecular formula is C13H18N2O2S. The van der Waals surface area contributed by atoms with Gasteiger partial charge in [0.15, 0.2) is 0 Å². The van der Waals surface area contributed by atoms with E-state index in [4.69, 9.17) is 0 Å². The van der Waals surface area contributed by atoms with E-state index >= 15 is 0 Å². The monoisotopic (exact) mass is 266 g/mol. The lowest BCUT2D eigenvalue weighted by molar-refractivity contribution is 0.0368. The average Bonchev–Trinajstić information content (AvgIpc) is 2.60. The summed E-state index contributed by atoms with van der Waals surface area (Å²) in [4.78, 5) is 18.6. The van der Waals surface area contributed by atoms with Crippen LogP contribution in [0.5, 0.6) is 0 Å². The molecule has 2 aromatic rings. The lowest BCUT2D eigenvalue weighted by Gasteiger charge is -2.21. The molecule has 1 unspecified atom stereocenters. The van der Waals surface area contributed by atoms with Crippen molar-refractivity contribution >= 4 is 21.6 Å². The van der Waals surface area contributed by atoms with E-state index in [2.05, 4.69) is 4.98 Å². The molecular weight excluding hydrogens is 248 g/mol. The van der Waals surface area contributed by atoms with Gasteiger partial charge in [-0.15, -0.1) is 11.3 Å². The van der Waals surface area contributed by atoms with Crippen molar-refractivity contribution in [2.24, 2.45) is 0 Å². The molecule has 18 heavy (non-hydrogen) atoms. The van der Waals surface area contributed by atoms with Gasteiger partial charge >= 0.3 is 0 Å². The number of rotatable bonds is 3. The van der Waals surface area contributed by atoms with E-state index in [9.17, 15) is 9.90 Å². The SMILES string of the molecule is CCC(C)(O)Cn1cnc2sc(C)c(C)c2c1=O. The fraction of sp³-hybridized carbons (Fsp3) is 0.538. The zero-order valence-electron chi connectivity index (χ0n) is 11.1. The normalized spacial score (nSPS) is 14.9. The summed E-state index contributed by atoms with van der Waals surface area (Å²) < 4.78 is 1.50. The van der Waals surface area contributed by atoms with Gasteiger partial charge in [-0.1, -0.05) is 6.92 Å². The number of nitrogens with zero attached hydrogens (tertiary/aromatic N) is 2. The van der Waals surface area contributed by atoms with Crippen LogP contribution in [0.2, 0.25) is 0 Å². The molecule has 2 aromatic heterocycles. The molecule has 2 rings (SSSR count). The molecule has 0 saturated heterocycles. The summed E-state index contributed by atoms with van der Waals surface area (Å²) >= 11 is 1.54. The highest BCUT2D eigenvalue weighted by atomic mass is 32.1. The predicted octanol–water partition coefficient (Wildman–Crippen LogP) is 2.24. The van der Waals surface area contributed by atoms with Gasteiger partial charge in [0.2, 0.25) is 0 Å². The summed E-state index contributed by atoms with van der Waals surface area (Å²) in [5, 5.41) is 10.7. The molecule has 0 aliphatic carbocycles. The number of fused-ring (bicyclic) bond motifs is 1. The molecule has 0 bridgehead atoms. The number of hydrogen-bond donors (Lipinski definition) is 1. The second-order valence-electron chi connectivity index (χ2n) is 4.99. The number of thiophene rings is 1. The first-order chi connectivity index (χ1) is 8.35. The molecule has 1 atom stereocenters. The van der Waals surface area contributed by atoms with Gasteiger partial charge in [-0.2, -0.15) is 0 Å². The maximum Gasteiger partial charge on any atom is 0.262 e. The van der Waals surface area contributed by atoms with Crippen molar-refractivity contribution in [2.45, 2.75) is 46.3 Å². The smallest absolute Gasteiger partial charge is 0.262 e. The highest BCUT2D eigenvalue weighted by molar-refractivity contribution is 7.18. The van der Waals surface area contributed by atoms with Crippen LogP contribution in [0.4, 0.5) is 0 Å². The number of aryl methyl sites for hydroxylation is 2. The second-order valence-corrected chi connectivity index (χ2v) is 6.19. The Labute approximate surface area is 110 Å². The average molecular weight is 266 g/mol. The number of aromatic nitrogens is 2. The highest BCUT2D eigenvalue weighted by Gasteiger charge is 2.20. The van der Waals surface area contributed by atoms with E-state index in [0.717, 1.165) is 15.3 Å². The first-order valence-electron chi connectivity index (χ1n) is 6.03. The lowest BCUT2D eigenvalue weighted by Crippen LogP contribution is -2.34. The maximum absolute atomic E-state index is 12.4. The van der Waals surface area contributed by atoms with Gasteiger partial charge in [-0.25, -0.2) is 4.98 Å². The van der Waals surface area contributed by atoms with Crippen LogP contribution in [0.3, 0.4) is 0 Å². The molecule has 0 aliphatic rings. The van der Waals surface area contributed by atoms with Gasteiger partial charge in [0.05, 0.1) is 23.9 Å². The zero-order chi connectivity index (χ0) is 13.5. The predicted molar refractivity (Wildman–Crippen MR) is 74.3 cm³/mol. The third kappa shape index (κ3) is 2.20. The number of aliphatic hydroxyl groups is 1. The molecule has 0 spiro atoms. The van der Waals surface area contributed by atoms with Crippen LogP contribution in [0, 0.1) is 13.8 Å². The number of hydrogen-bond acceptors (Lipinski definition) is 4. The molecule has 0 radical (unpaired) electrons. The van der Waals surface area contributed by atoms with Crippen LogP contribution < -0.4 is 5.56 Å². The Morgan fingerprint density at radius 3 is 2.78 bits per heavy atom. The minimum Gasteiger partial charge on any atom is -0.388 e. The molecule has 2 heterocycles. The van der Waals surface area contributed by atoms with E-state index in [0.29, 0.717) is 11.8 Å². The van der Waals surface area contributed by atoms with Crippen LogP contribution in [-0.2, 0) is 6.54 Å². The molecule has 0 aliphatic heterocycles. The van der Waals surface area contributed by atoms with Crippen molar-refractivity contribution in [3.63, 3.8) is 0 Å². The third-order valence-corrected chi connectivity index (χ3v) is 4.54. The van der Waals surface area contributed by atoms with Crippen molar-refractivity contribution in [2.75, 3.05) is 0 Å². The van der Waals surface area contributed by atoms with E-state index in [1.807, 2.05) is 20.8 Å². The van der Waals surface area contributed by atoms with E-state index < -0.39 is 5.60 Å². The van der Waals surface area contributed by atoms with Gasteiger partial charge in [-0.05, 0) is 32.8 Å². The largest absolute Gasteiger partial charge is 0.388 e. The molecule has 98 valence electrons. The molecule has 4 nitrogen and oxygen atoms in total. The lowest BCUT2D eigenvalue weighted by atomic mass is 10.0. The Kier molecular flexibility index (Phi) is 3.29. The van der Waals surface area contributed by atoms with E-state index in [1.54, 1.807) is 6.92 Å². The van der Waals surface area contributed by atoms with E-state index in [-0.39, 0.29) is 12.1 Å². The minimum absolute atomic E-state index is 0.0597. The third-order valence-electron chi connectivity index (χ3n) is 3.43. The molecule has 5 heteroatoms. The summed E-state index contributed by atoms with van der Waals surface area (Å²) in [6, 6.07) is 0. The summed E-state index contributed by atoms with van der Waals surface area (Å²) in [6.07, 6.45) is 2.13. The van der Waals surface area contributed by atoms with Crippen LogP contribution >= 0.6 is 11.3 Å². The first-order valence-corrected chi connectivity index (χ1v) is 6.85. The Bertz CT molecular complexity index is 640. The Hall–Kier alpha value is -1.20.